The van der Waals surface area contributed by atoms with Crippen molar-refractivity contribution < 1.29 is 4.74 Å². The minimum absolute atomic E-state index is 0.634. The molecule has 1 heterocycles. The van der Waals surface area contributed by atoms with Crippen molar-refractivity contribution in [2.24, 2.45) is 0 Å². The Labute approximate surface area is 117 Å². The van der Waals surface area contributed by atoms with Gasteiger partial charge in [-0.15, -0.1) is 0 Å². The molecule has 0 saturated carbocycles. The fourth-order valence-corrected chi connectivity index (χ4v) is 1.86. The van der Waals surface area contributed by atoms with Crippen molar-refractivity contribution in [3.8, 4) is 0 Å². The molecular weight excluding hydrogens is 236 g/mol. The van der Waals surface area contributed by atoms with Gasteiger partial charge in [0.15, 0.2) is 0 Å². The van der Waals surface area contributed by atoms with Crippen LogP contribution in [0.25, 0.3) is 0 Å². The minimum atomic E-state index is 0.634. The monoisotopic (exact) mass is 264 g/mol. The zero-order chi connectivity index (χ0) is 13.8. The third-order valence-corrected chi connectivity index (χ3v) is 3.03. The fraction of sp³-hybridized carbons (Fsp3) is 0.688. The maximum atomic E-state index is 5.63. The Morgan fingerprint density at radius 2 is 2.00 bits per heavy atom. The molecule has 19 heavy (non-hydrogen) atoms. The largest absolute Gasteiger partial charge is 0.375 e. The van der Waals surface area contributed by atoms with Crippen molar-refractivity contribution in [3.05, 3.63) is 29.6 Å². The molecule has 0 aliphatic heterocycles. The molecule has 1 aromatic heterocycles. The van der Waals surface area contributed by atoms with Crippen LogP contribution in [0.15, 0.2) is 18.3 Å². The highest BCUT2D eigenvalue weighted by atomic mass is 16.5. The minimum Gasteiger partial charge on any atom is -0.375 e. The summed E-state index contributed by atoms with van der Waals surface area (Å²) >= 11 is 0. The predicted molar refractivity (Wildman–Crippen MR) is 80.0 cm³/mol. The zero-order valence-electron chi connectivity index (χ0n) is 12.5. The van der Waals surface area contributed by atoms with Gasteiger partial charge in [0.25, 0.3) is 0 Å². The summed E-state index contributed by atoms with van der Waals surface area (Å²) in [6.07, 6.45) is 8.12. The molecule has 0 aliphatic rings. The summed E-state index contributed by atoms with van der Waals surface area (Å²) in [5, 5.41) is 3.37. The molecule has 1 rings (SSSR count). The van der Waals surface area contributed by atoms with Gasteiger partial charge in [0.2, 0.25) is 0 Å². The molecule has 0 atom stereocenters. The van der Waals surface area contributed by atoms with Crippen LogP contribution in [-0.4, -0.2) is 18.1 Å². The molecule has 0 unspecified atom stereocenters. The molecule has 0 amide bonds. The lowest BCUT2D eigenvalue weighted by atomic mass is 10.2. The maximum absolute atomic E-state index is 5.63. The van der Waals surface area contributed by atoms with Crippen LogP contribution in [0.5, 0.6) is 0 Å². The Morgan fingerprint density at radius 3 is 2.68 bits per heavy atom. The van der Waals surface area contributed by atoms with Gasteiger partial charge < -0.3 is 10.1 Å². The van der Waals surface area contributed by atoms with Gasteiger partial charge in [-0.05, 0) is 31.0 Å². The van der Waals surface area contributed by atoms with Crippen LogP contribution >= 0.6 is 0 Å². The zero-order valence-corrected chi connectivity index (χ0v) is 12.5. The maximum Gasteiger partial charge on any atom is 0.0887 e. The Kier molecular flexibility index (Phi) is 9.29. The van der Waals surface area contributed by atoms with Crippen LogP contribution < -0.4 is 5.32 Å². The van der Waals surface area contributed by atoms with Gasteiger partial charge in [-0.25, -0.2) is 0 Å². The smallest absolute Gasteiger partial charge is 0.0887 e. The Balaban J connectivity index is 2.13. The van der Waals surface area contributed by atoms with Crippen LogP contribution in [0.3, 0.4) is 0 Å². The predicted octanol–water partition coefficient (Wildman–Crippen LogP) is 3.68. The van der Waals surface area contributed by atoms with Gasteiger partial charge in [0.05, 0.1) is 12.3 Å². The molecule has 0 fully saturated rings. The Bertz CT molecular complexity index is 311. The molecule has 3 nitrogen and oxygen atoms in total. The Hall–Kier alpha value is -0.930. The average Bonchev–Trinajstić information content (AvgIpc) is 2.44. The van der Waals surface area contributed by atoms with Gasteiger partial charge in [-0.3, -0.25) is 4.98 Å². The van der Waals surface area contributed by atoms with Crippen molar-refractivity contribution in [1.29, 1.82) is 0 Å². The van der Waals surface area contributed by atoms with Crippen molar-refractivity contribution in [2.75, 3.05) is 13.2 Å². The standard InChI is InChI=1S/C16H28N2O/c1-3-5-6-7-11-19-14-16-9-8-15(13-18-16)12-17-10-4-2/h8-9,13,17H,3-7,10-12,14H2,1-2H3. The van der Waals surface area contributed by atoms with E-state index in [1.165, 1.54) is 24.8 Å². The molecule has 1 aromatic rings. The van der Waals surface area contributed by atoms with E-state index in [9.17, 15) is 0 Å². The molecule has 0 bridgehead atoms. The quantitative estimate of drug-likeness (QED) is 0.619. The van der Waals surface area contributed by atoms with Gasteiger partial charge in [-0.2, -0.15) is 0 Å². The summed E-state index contributed by atoms with van der Waals surface area (Å²) in [7, 11) is 0. The first-order valence-corrected chi connectivity index (χ1v) is 7.59. The lowest BCUT2D eigenvalue weighted by molar-refractivity contribution is 0.114. The second-order valence-electron chi connectivity index (χ2n) is 4.95. The van der Waals surface area contributed by atoms with Gasteiger partial charge in [0.1, 0.15) is 0 Å². The first kappa shape index (κ1) is 16.1. The number of aromatic nitrogens is 1. The van der Waals surface area contributed by atoms with Crippen molar-refractivity contribution in [2.45, 2.75) is 59.1 Å². The highest BCUT2D eigenvalue weighted by Gasteiger charge is 1.97. The van der Waals surface area contributed by atoms with E-state index in [0.717, 1.165) is 38.2 Å². The Morgan fingerprint density at radius 1 is 1.11 bits per heavy atom. The summed E-state index contributed by atoms with van der Waals surface area (Å²) in [5.41, 5.74) is 2.26. The van der Waals surface area contributed by atoms with Crippen LogP contribution in [0, 0.1) is 0 Å². The van der Waals surface area contributed by atoms with Gasteiger partial charge in [0, 0.05) is 19.3 Å². The molecule has 0 saturated heterocycles. The number of ether oxygens (including phenoxy) is 1. The molecular formula is C16H28N2O. The summed E-state index contributed by atoms with van der Waals surface area (Å²) in [6, 6.07) is 4.19. The van der Waals surface area contributed by atoms with E-state index in [-0.39, 0.29) is 0 Å². The first-order valence-electron chi connectivity index (χ1n) is 7.59. The normalized spacial score (nSPS) is 10.8. The van der Waals surface area contributed by atoms with Crippen LogP contribution in [0.1, 0.15) is 57.2 Å². The van der Waals surface area contributed by atoms with Crippen LogP contribution in [0.4, 0.5) is 0 Å². The van der Waals surface area contributed by atoms with Gasteiger partial charge >= 0.3 is 0 Å². The topological polar surface area (TPSA) is 34.1 Å². The van der Waals surface area contributed by atoms with E-state index in [1.807, 2.05) is 6.20 Å². The average molecular weight is 264 g/mol. The third-order valence-electron chi connectivity index (χ3n) is 3.03. The number of unbranched alkanes of at least 4 members (excludes halogenated alkanes) is 3. The SMILES string of the molecule is CCCCCCOCc1ccc(CNCCC)cn1. The van der Waals surface area contributed by atoms with Crippen LogP contribution in [-0.2, 0) is 17.9 Å². The number of pyridine rings is 1. The fourth-order valence-electron chi connectivity index (χ4n) is 1.86. The number of hydrogen-bond acceptors (Lipinski definition) is 3. The van der Waals surface area contributed by atoms with Gasteiger partial charge in [-0.1, -0.05) is 39.2 Å². The molecule has 0 radical (unpaired) electrons. The van der Waals surface area contributed by atoms with E-state index < -0.39 is 0 Å². The van der Waals surface area contributed by atoms with Crippen molar-refractivity contribution in [1.82, 2.24) is 10.3 Å². The first-order chi connectivity index (χ1) is 9.36. The summed E-state index contributed by atoms with van der Waals surface area (Å²) in [5.74, 6) is 0. The van der Waals surface area contributed by atoms with Crippen molar-refractivity contribution in [3.63, 3.8) is 0 Å². The highest BCUT2D eigenvalue weighted by molar-refractivity contribution is 5.13. The number of hydrogen-bond donors (Lipinski definition) is 1. The molecule has 0 spiro atoms. The molecule has 0 aliphatic carbocycles. The second kappa shape index (κ2) is 10.9. The lowest BCUT2D eigenvalue weighted by Crippen LogP contribution is -2.14. The number of nitrogens with one attached hydrogen (secondary N) is 1. The molecule has 3 heteroatoms. The summed E-state index contributed by atoms with van der Waals surface area (Å²) in [6.45, 7) is 7.84. The van der Waals surface area contributed by atoms with E-state index >= 15 is 0 Å². The molecule has 1 N–H and O–H groups in total. The summed E-state index contributed by atoms with van der Waals surface area (Å²) in [4.78, 5) is 4.43. The van der Waals surface area contributed by atoms with E-state index in [0.29, 0.717) is 6.61 Å². The highest BCUT2D eigenvalue weighted by Crippen LogP contribution is 2.04. The molecule has 0 aromatic carbocycles. The third kappa shape index (κ3) is 7.96. The van der Waals surface area contributed by atoms with E-state index in [2.05, 4.69) is 36.3 Å². The lowest BCUT2D eigenvalue weighted by Gasteiger charge is -2.06. The van der Waals surface area contributed by atoms with Crippen LogP contribution in [0.2, 0.25) is 0 Å². The number of nitrogens with zero attached hydrogens (tertiary/aromatic N) is 1. The van der Waals surface area contributed by atoms with E-state index in [1.54, 1.807) is 0 Å². The molecule has 108 valence electrons. The van der Waals surface area contributed by atoms with E-state index in [4.69, 9.17) is 4.74 Å². The number of rotatable bonds is 11. The summed E-state index contributed by atoms with van der Waals surface area (Å²) < 4.78 is 5.63. The van der Waals surface area contributed by atoms with Crippen molar-refractivity contribution >= 4 is 0 Å². The second-order valence-corrected chi connectivity index (χ2v) is 4.95.